The smallest absolute Gasteiger partial charge is 0.327 e. The molecule has 5 rings (SSSR count). The van der Waals surface area contributed by atoms with Gasteiger partial charge in [-0.3, -0.25) is 14.5 Å². The van der Waals surface area contributed by atoms with Crippen LogP contribution in [0.3, 0.4) is 0 Å². The number of aromatic nitrogens is 2. The summed E-state index contributed by atoms with van der Waals surface area (Å²) >= 11 is 0. The molecule has 0 aliphatic carbocycles. The van der Waals surface area contributed by atoms with Crippen molar-refractivity contribution in [3.63, 3.8) is 0 Å². The number of imide groups is 1. The van der Waals surface area contributed by atoms with E-state index >= 15 is 0 Å². The Labute approximate surface area is 176 Å². The van der Waals surface area contributed by atoms with Gasteiger partial charge in [0, 0.05) is 42.3 Å². The molecule has 0 unspecified atom stereocenters. The minimum absolute atomic E-state index is 0.133. The molecule has 2 aromatic heterocycles. The summed E-state index contributed by atoms with van der Waals surface area (Å²) in [6, 6.07) is 9.74. The first-order valence-electron chi connectivity index (χ1n) is 9.97. The number of pyridine rings is 1. The van der Waals surface area contributed by atoms with E-state index in [0.717, 1.165) is 32.6 Å². The molecule has 158 valence electrons. The fourth-order valence-corrected chi connectivity index (χ4v) is 4.54. The maximum absolute atomic E-state index is 13.2. The molecule has 8 nitrogen and oxygen atoms in total. The summed E-state index contributed by atoms with van der Waals surface area (Å²) in [7, 11) is 0. The number of rotatable bonds is 5. The van der Waals surface area contributed by atoms with Crippen molar-refractivity contribution in [1.29, 1.82) is 0 Å². The first-order valence-corrected chi connectivity index (χ1v) is 9.97. The molecular formula is C22H19FN4O4. The number of para-hydroxylation sites is 1. The molecule has 4 heterocycles. The molecule has 2 aliphatic heterocycles. The molecule has 1 saturated heterocycles. The Morgan fingerprint density at radius 3 is 2.74 bits per heavy atom. The second kappa shape index (κ2) is 7.19. The van der Waals surface area contributed by atoms with Crippen LogP contribution in [0.15, 0.2) is 42.6 Å². The molecule has 9 heteroatoms. The molecule has 1 N–H and O–H groups in total. The quantitative estimate of drug-likeness (QED) is 0.503. The second-order valence-electron chi connectivity index (χ2n) is 7.78. The number of carbonyl (C=O) groups is 3. The van der Waals surface area contributed by atoms with Gasteiger partial charge in [-0.2, -0.15) is 4.39 Å². The molecule has 0 radical (unpaired) electrons. The van der Waals surface area contributed by atoms with Gasteiger partial charge in [-0.05, 0) is 23.3 Å². The first-order chi connectivity index (χ1) is 14.9. The van der Waals surface area contributed by atoms with E-state index < -0.39 is 24.0 Å². The van der Waals surface area contributed by atoms with Gasteiger partial charge >= 0.3 is 12.0 Å². The van der Waals surface area contributed by atoms with Crippen molar-refractivity contribution in [3.8, 4) is 0 Å². The molecular weight excluding hydrogens is 403 g/mol. The number of aliphatic carboxylic acids is 1. The van der Waals surface area contributed by atoms with E-state index in [1.807, 2.05) is 24.3 Å². The second-order valence-corrected chi connectivity index (χ2v) is 7.78. The molecule has 0 bridgehead atoms. The lowest BCUT2D eigenvalue weighted by Gasteiger charge is -2.28. The van der Waals surface area contributed by atoms with E-state index in [2.05, 4.69) is 9.55 Å². The Morgan fingerprint density at radius 1 is 1.19 bits per heavy atom. The molecule has 3 amide bonds. The Bertz CT molecular complexity index is 1220. The van der Waals surface area contributed by atoms with Gasteiger partial charge in [-0.25, -0.2) is 9.78 Å². The highest BCUT2D eigenvalue weighted by molar-refractivity contribution is 6.05. The average molecular weight is 422 g/mol. The molecule has 31 heavy (non-hydrogen) atoms. The van der Waals surface area contributed by atoms with Gasteiger partial charge in [0.15, 0.2) is 0 Å². The maximum atomic E-state index is 13.2. The van der Waals surface area contributed by atoms with Crippen molar-refractivity contribution in [2.24, 2.45) is 0 Å². The lowest BCUT2D eigenvalue weighted by molar-refractivity contribution is -0.137. The average Bonchev–Trinajstić information content (AvgIpc) is 3.19. The summed E-state index contributed by atoms with van der Waals surface area (Å²) in [4.78, 5) is 42.9. The molecule has 0 saturated carbocycles. The van der Waals surface area contributed by atoms with E-state index in [-0.39, 0.29) is 25.4 Å². The highest BCUT2D eigenvalue weighted by atomic mass is 19.1. The number of urea groups is 1. The van der Waals surface area contributed by atoms with Crippen LogP contribution in [-0.4, -0.2) is 55.0 Å². The summed E-state index contributed by atoms with van der Waals surface area (Å²) in [5, 5.41) is 9.94. The number of carboxylic acid groups (broad SMARTS) is 1. The van der Waals surface area contributed by atoms with E-state index in [4.69, 9.17) is 5.11 Å². The van der Waals surface area contributed by atoms with Crippen molar-refractivity contribution >= 4 is 28.8 Å². The van der Waals surface area contributed by atoms with Crippen LogP contribution in [0.5, 0.6) is 0 Å². The fraction of sp³-hybridized carbons (Fsp3) is 0.273. The highest BCUT2D eigenvalue weighted by Gasteiger charge is 2.48. The van der Waals surface area contributed by atoms with Gasteiger partial charge < -0.3 is 14.6 Å². The number of carboxylic acids is 1. The molecule has 2 aliphatic rings. The standard InChI is InChI=1S/C22H19FN4O4/c23-19-6-5-13(10-24-19)11-26-16-4-2-1-3-14(16)15-9-17-21(30)25(8-7-20(28)29)22(31)27(17)12-18(15)26/h1-6,10,17H,7-9,11-12H2,(H,28,29)/t17-/m0/s1. The van der Waals surface area contributed by atoms with Crippen molar-refractivity contribution in [2.75, 3.05) is 6.54 Å². The first kappa shape index (κ1) is 19.2. The van der Waals surface area contributed by atoms with E-state index in [1.54, 1.807) is 6.07 Å². The Morgan fingerprint density at radius 2 is 2.00 bits per heavy atom. The number of hydrogen-bond donors (Lipinski definition) is 1. The zero-order valence-corrected chi connectivity index (χ0v) is 16.5. The number of hydrogen-bond acceptors (Lipinski definition) is 4. The highest BCUT2D eigenvalue weighted by Crippen LogP contribution is 2.36. The Hall–Kier alpha value is -3.75. The topological polar surface area (TPSA) is 95.7 Å². The van der Waals surface area contributed by atoms with E-state index in [1.165, 1.54) is 17.2 Å². The third-order valence-corrected chi connectivity index (χ3v) is 5.99. The number of halogens is 1. The normalized spacial score (nSPS) is 17.9. The van der Waals surface area contributed by atoms with Crippen LogP contribution in [0.1, 0.15) is 23.2 Å². The summed E-state index contributed by atoms with van der Waals surface area (Å²) in [6.07, 6.45) is 1.58. The lowest BCUT2D eigenvalue weighted by atomic mass is 9.97. The van der Waals surface area contributed by atoms with Crippen molar-refractivity contribution in [2.45, 2.75) is 32.0 Å². The molecule has 1 aromatic carbocycles. The van der Waals surface area contributed by atoms with Gasteiger partial charge in [-0.15, -0.1) is 0 Å². The van der Waals surface area contributed by atoms with Crippen molar-refractivity contribution in [1.82, 2.24) is 19.4 Å². The van der Waals surface area contributed by atoms with Gasteiger partial charge in [0.1, 0.15) is 6.04 Å². The summed E-state index contributed by atoms with van der Waals surface area (Å²) < 4.78 is 15.3. The number of carbonyl (C=O) groups excluding carboxylic acids is 2. The number of nitrogens with zero attached hydrogens (tertiary/aromatic N) is 4. The minimum Gasteiger partial charge on any atom is -0.481 e. The van der Waals surface area contributed by atoms with Crippen LogP contribution in [0.2, 0.25) is 0 Å². The third-order valence-electron chi connectivity index (χ3n) is 5.99. The van der Waals surface area contributed by atoms with Crippen molar-refractivity contribution < 1.29 is 23.9 Å². The number of amides is 3. The maximum Gasteiger partial charge on any atom is 0.327 e. The van der Waals surface area contributed by atoms with Crippen LogP contribution in [0.25, 0.3) is 10.9 Å². The lowest BCUT2D eigenvalue weighted by Crippen LogP contribution is -2.40. The monoisotopic (exact) mass is 422 g/mol. The molecule has 0 spiro atoms. The zero-order valence-electron chi connectivity index (χ0n) is 16.5. The van der Waals surface area contributed by atoms with Gasteiger partial charge in [0.05, 0.1) is 13.0 Å². The van der Waals surface area contributed by atoms with Crippen LogP contribution in [0, 0.1) is 5.95 Å². The fourth-order valence-electron chi connectivity index (χ4n) is 4.54. The number of benzene rings is 1. The van der Waals surface area contributed by atoms with Gasteiger partial charge in [0.2, 0.25) is 5.95 Å². The molecule has 3 aromatic rings. The third kappa shape index (κ3) is 3.13. The van der Waals surface area contributed by atoms with Crippen LogP contribution in [-0.2, 0) is 29.1 Å². The van der Waals surface area contributed by atoms with Crippen LogP contribution >= 0.6 is 0 Å². The SMILES string of the molecule is O=C(O)CCN1C(=O)[C@@H]2Cc3c(n(Cc4ccc(F)nc4)c4ccccc34)CN2C1=O. The van der Waals surface area contributed by atoms with E-state index in [9.17, 15) is 18.8 Å². The zero-order chi connectivity index (χ0) is 21.7. The summed E-state index contributed by atoms with van der Waals surface area (Å²) in [5.41, 5.74) is 3.72. The Balaban J connectivity index is 1.53. The summed E-state index contributed by atoms with van der Waals surface area (Å²) in [5.74, 6) is -1.95. The predicted molar refractivity (Wildman–Crippen MR) is 108 cm³/mol. The van der Waals surface area contributed by atoms with Crippen LogP contribution < -0.4 is 0 Å². The number of fused-ring (bicyclic) bond motifs is 4. The van der Waals surface area contributed by atoms with Crippen LogP contribution in [0.4, 0.5) is 9.18 Å². The minimum atomic E-state index is -1.06. The predicted octanol–water partition coefficient (Wildman–Crippen LogP) is 2.39. The van der Waals surface area contributed by atoms with E-state index in [0.29, 0.717) is 13.0 Å². The Kier molecular flexibility index (Phi) is 4.46. The van der Waals surface area contributed by atoms with Gasteiger partial charge in [-0.1, -0.05) is 24.3 Å². The summed E-state index contributed by atoms with van der Waals surface area (Å²) in [6.45, 7) is 0.566. The molecule has 1 atom stereocenters. The van der Waals surface area contributed by atoms with Gasteiger partial charge in [0.25, 0.3) is 5.91 Å². The van der Waals surface area contributed by atoms with Crippen molar-refractivity contribution in [3.05, 3.63) is 65.4 Å². The molecule has 1 fully saturated rings. The largest absolute Gasteiger partial charge is 0.481 e.